The van der Waals surface area contributed by atoms with Gasteiger partial charge in [-0.2, -0.15) is 0 Å². The predicted molar refractivity (Wildman–Crippen MR) is 120 cm³/mol. The van der Waals surface area contributed by atoms with Crippen molar-refractivity contribution < 1.29 is 4.79 Å². The molecule has 0 aliphatic rings. The van der Waals surface area contributed by atoms with Crippen LogP contribution in [0.4, 0.5) is 16.2 Å². The summed E-state index contributed by atoms with van der Waals surface area (Å²) in [5.41, 5.74) is 6.20. The highest BCUT2D eigenvalue weighted by molar-refractivity contribution is 5.90. The molecule has 0 saturated heterocycles. The van der Waals surface area contributed by atoms with E-state index in [2.05, 4.69) is 51.7 Å². The van der Waals surface area contributed by atoms with Gasteiger partial charge in [0.25, 0.3) is 0 Å². The Balaban J connectivity index is 1.74. The number of nitrogens with zero attached hydrogens (tertiary/aromatic N) is 2. The topological polar surface area (TPSA) is 57.3 Å². The second-order valence-corrected chi connectivity index (χ2v) is 7.49. The largest absolute Gasteiger partial charge is 0.377 e. The van der Waals surface area contributed by atoms with Crippen molar-refractivity contribution >= 4 is 17.4 Å². The molecule has 3 rings (SSSR count). The van der Waals surface area contributed by atoms with Crippen LogP contribution in [-0.2, 0) is 6.42 Å². The predicted octanol–water partition coefficient (Wildman–Crippen LogP) is 4.87. The minimum absolute atomic E-state index is 0.221. The molecular formula is C24H28N4O. The Morgan fingerprint density at radius 3 is 2.41 bits per heavy atom. The second-order valence-electron chi connectivity index (χ2n) is 7.49. The van der Waals surface area contributed by atoms with Crippen LogP contribution < -0.4 is 15.5 Å². The van der Waals surface area contributed by atoms with E-state index in [4.69, 9.17) is 0 Å². The van der Waals surface area contributed by atoms with Crippen molar-refractivity contribution in [2.24, 2.45) is 0 Å². The Kier molecular flexibility index (Phi) is 6.50. The zero-order valence-electron chi connectivity index (χ0n) is 17.4. The molecule has 1 atom stereocenters. The third-order valence-electron chi connectivity index (χ3n) is 4.85. The number of hydrogen-bond donors (Lipinski definition) is 2. The first-order chi connectivity index (χ1) is 13.9. The van der Waals surface area contributed by atoms with E-state index in [1.165, 1.54) is 5.56 Å². The second kappa shape index (κ2) is 9.24. The Hall–Kier alpha value is -3.34. The van der Waals surface area contributed by atoms with Crippen molar-refractivity contribution in [2.45, 2.75) is 26.3 Å². The van der Waals surface area contributed by atoms with Crippen LogP contribution >= 0.6 is 0 Å². The molecule has 1 unspecified atom stereocenters. The minimum Gasteiger partial charge on any atom is -0.377 e. The number of aromatic nitrogens is 1. The van der Waals surface area contributed by atoms with E-state index in [0.717, 1.165) is 28.2 Å². The van der Waals surface area contributed by atoms with Crippen LogP contribution in [-0.4, -0.2) is 25.1 Å². The molecule has 2 amide bonds. The van der Waals surface area contributed by atoms with Crippen LogP contribution in [0.5, 0.6) is 0 Å². The molecule has 2 N–H and O–H groups in total. The monoisotopic (exact) mass is 388 g/mol. The van der Waals surface area contributed by atoms with E-state index < -0.39 is 0 Å². The van der Waals surface area contributed by atoms with Gasteiger partial charge in [0.2, 0.25) is 0 Å². The summed E-state index contributed by atoms with van der Waals surface area (Å²) in [6.07, 6.45) is 2.42. The van der Waals surface area contributed by atoms with Crippen molar-refractivity contribution in [3.63, 3.8) is 0 Å². The molecule has 0 aliphatic heterocycles. The van der Waals surface area contributed by atoms with Crippen molar-refractivity contribution in [1.82, 2.24) is 10.3 Å². The van der Waals surface area contributed by atoms with Gasteiger partial charge in [0.1, 0.15) is 0 Å². The quantitative estimate of drug-likeness (QED) is 0.633. The highest BCUT2D eigenvalue weighted by Gasteiger charge is 2.17. The Labute approximate surface area is 172 Å². The van der Waals surface area contributed by atoms with E-state index in [-0.39, 0.29) is 12.1 Å². The standard InChI is InChI=1S/C24H28N4O/c1-17-8-10-19(11-9-17)16-22(21-7-5-6-14-25-21)27-24(29)26-20-12-13-23(28(3)4)18(2)15-20/h5-15,22H,16H2,1-4H3,(H2,26,27,29). The van der Waals surface area contributed by atoms with Crippen LogP contribution in [0.3, 0.4) is 0 Å². The lowest BCUT2D eigenvalue weighted by molar-refractivity contribution is 0.248. The van der Waals surface area contributed by atoms with Gasteiger partial charge in [0.05, 0.1) is 11.7 Å². The number of pyridine rings is 1. The molecule has 0 bridgehead atoms. The van der Waals surface area contributed by atoms with E-state index in [1.54, 1.807) is 6.20 Å². The molecule has 5 nitrogen and oxygen atoms in total. The number of carbonyl (C=O) groups excluding carboxylic acids is 1. The molecule has 0 radical (unpaired) electrons. The van der Waals surface area contributed by atoms with E-state index in [0.29, 0.717) is 6.42 Å². The summed E-state index contributed by atoms with van der Waals surface area (Å²) in [5.74, 6) is 0. The molecule has 0 aliphatic carbocycles. The SMILES string of the molecule is Cc1ccc(CC(NC(=O)Nc2ccc(N(C)C)c(C)c2)c2ccccn2)cc1. The average Bonchev–Trinajstić information content (AvgIpc) is 2.69. The maximum atomic E-state index is 12.7. The molecule has 1 heterocycles. The number of anilines is 2. The van der Waals surface area contributed by atoms with Crippen molar-refractivity contribution in [1.29, 1.82) is 0 Å². The lowest BCUT2D eigenvalue weighted by Gasteiger charge is -2.20. The average molecular weight is 389 g/mol. The summed E-state index contributed by atoms with van der Waals surface area (Å²) < 4.78 is 0. The van der Waals surface area contributed by atoms with Crippen molar-refractivity contribution in [3.8, 4) is 0 Å². The number of aryl methyl sites for hydroxylation is 2. The van der Waals surface area contributed by atoms with Gasteiger partial charge in [-0.1, -0.05) is 35.9 Å². The number of amides is 2. The molecule has 2 aromatic carbocycles. The van der Waals surface area contributed by atoms with Crippen LogP contribution in [0.15, 0.2) is 66.9 Å². The van der Waals surface area contributed by atoms with Gasteiger partial charge in [-0.15, -0.1) is 0 Å². The smallest absolute Gasteiger partial charge is 0.319 e. The number of nitrogens with one attached hydrogen (secondary N) is 2. The van der Waals surface area contributed by atoms with Crippen LogP contribution in [0.1, 0.15) is 28.4 Å². The van der Waals surface area contributed by atoms with E-state index >= 15 is 0 Å². The maximum absolute atomic E-state index is 12.7. The van der Waals surface area contributed by atoms with Gasteiger partial charge in [-0.25, -0.2) is 4.79 Å². The Morgan fingerprint density at radius 1 is 1.03 bits per heavy atom. The first-order valence-corrected chi connectivity index (χ1v) is 9.74. The number of hydrogen-bond acceptors (Lipinski definition) is 3. The number of urea groups is 1. The number of carbonyl (C=O) groups is 1. The minimum atomic E-state index is -0.246. The summed E-state index contributed by atoms with van der Waals surface area (Å²) >= 11 is 0. The lowest BCUT2D eigenvalue weighted by Crippen LogP contribution is -2.34. The summed E-state index contributed by atoms with van der Waals surface area (Å²) in [5, 5.41) is 6.03. The van der Waals surface area contributed by atoms with Gasteiger partial charge in [0, 0.05) is 31.7 Å². The fraction of sp³-hybridized carbons (Fsp3) is 0.250. The normalized spacial score (nSPS) is 11.6. The summed E-state index contributed by atoms with van der Waals surface area (Å²) in [7, 11) is 4.01. The lowest BCUT2D eigenvalue weighted by atomic mass is 10.0. The van der Waals surface area contributed by atoms with Crippen LogP contribution in [0, 0.1) is 13.8 Å². The molecule has 0 spiro atoms. The van der Waals surface area contributed by atoms with Crippen LogP contribution in [0.25, 0.3) is 0 Å². The van der Waals surface area contributed by atoms with Gasteiger partial charge < -0.3 is 15.5 Å². The molecular weight excluding hydrogens is 360 g/mol. The van der Waals surface area contributed by atoms with Gasteiger partial charge in [0.15, 0.2) is 0 Å². The summed E-state index contributed by atoms with van der Waals surface area (Å²) in [6, 6.07) is 19.5. The fourth-order valence-corrected chi connectivity index (χ4v) is 3.33. The molecule has 150 valence electrons. The van der Waals surface area contributed by atoms with Gasteiger partial charge >= 0.3 is 6.03 Å². The highest BCUT2D eigenvalue weighted by Crippen LogP contribution is 2.22. The zero-order valence-corrected chi connectivity index (χ0v) is 17.4. The number of rotatable bonds is 6. The fourth-order valence-electron chi connectivity index (χ4n) is 3.33. The molecule has 3 aromatic rings. The third-order valence-corrected chi connectivity index (χ3v) is 4.85. The molecule has 29 heavy (non-hydrogen) atoms. The molecule has 5 heteroatoms. The summed E-state index contributed by atoms with van der Waals surface area (Å²) in [6.45, 7) is 4.10. The maximum Gasteiger partial charge on any atom is 0.319 e. The van der Waals surface area contributed by atoms with E-state index in [9.17, 15) is 4.79 Å². The number of benzene rings is 2. The Morgan fingerprint density at radius 2 is 1.79 bits per heavy atom. The molecule has 0 fully saturated rings. The highest BCUT2D eigenvalue weighted by atomic mass is 16.2. The van der Waals surface area contributed by atoms with Crippen molar-refractivity contribution in [3.05, 3.63) is 89.2 Å². The molecule has 1 aromatic heterocycles. The van der Waals surface area contributed by atoms with Gasteiger partial charge in [-0.05, 0) is 61.7 Å². The van der Waals surface area contributed by atoms with Crippen LogP contribution in [0.2, 0.25) is 0 Å². The first-order valence-electron chi connectivity index (χ1n) is 9.74. The van der Waals surface area contributed by atoms with E-state index in [1.807, 2.05) is 57.4 Å². The Bertz CT molecular complexity index is 952. The van der Waals surface area contributed by atoms with Gasteiger partial charge in [-0.3, -0.25) is 4.98 Å². The molecule has 0 saturated carbocycles. The summed E-state index contributed by atoms with van der Waals surface area (Å²) in [4.78, 5) is 19.2. The first kappa shape index (κ1) is 20.4. The third kappa shape index (κ3) is 5.57. The van der Waals surface area contributed by atoms with Crippen molar-refractivity contribution in [2.75, 3.05) is 24.3 Å². The zero-order chi connectivity index (χ0) is 20.8.